The van der Waals surface area contributed by atoms with Crippen LogP contribution in [-0.2, 0) is 16.6 Å². The van der Waals surface area contributed by atoms with Gasteiger partial charge in [-0.05, 0) is 48.1 Å². The Morgan fingerprint density at radius 1 is 1.13 bits per heavy atom. The number of fused-ring (bicyclic) bond motifs is 3. The lowest BCUT2D eigenvalue weighted by atomic mass is 9.54. The van der Waals surface area contributed by atoms with E-state index >= 15 is 0 Å². The van der Waals surface area contributed by atoms with Gasteiger partial charge in [0.25, 0.3) is 5.91 Å². The predicted octanol–water partition coefficient (Wildman–Crippen LogP) is 4.09. The first-order valence-corrected chi connectivity index (χ1v) is 10.5. The smallest absolute Gasteiger partial charge is 0.278 e. The van der Waals surface area contributed by atoms with Gasteiger partial charge in [0, 0.05) is 17.7 Å². The van der Waals surface area contributed by atoms with Gasteiger partial charge < -0.3 is 0 Å². The number of ketones is 1. The Labute approximate surface area is 180 Å². The molecule has 0 amide bonds. The summed E-state index contributed by atoms with van der Waals surface area (Å²) in [6.07, 6.45) is 5.14. The average molecular weight is 407 g/mol. The molecule has 0 bridgehead atoms. The molecule has 3 atom stereocenters. The van der Waals surface area contributed by atoms with Crippen molar-refractivity contribution in [3.63, 3.8) is 0 Å². The van der Waals surface area contributed by atoms with Crippen molar-refractivity contribution in [2.45, 2.75) is 25.2 Å². The molecule has 5 heteroatoms. The van der Waals surface area contributed by atoms with E-state index in [1.165, 1.54) is 4.68 Å². The molecular weight excluding hydrogens is 386 g/mol. The maximum Gasteiger partial charge on any atom is 0.278 e. The van der Waals surface area contributed by atoms with Gasteiger partial charge in [0.1, 0.15) is 6.07 Å². The highest BCUT2D eigenvalue weighted by atomic mass is 16.2. The molecule has 1 heterocycles. The second kappa shape index (κ2) is 7.17. The maximum absolute atomic E-state index is 13.1. The molecule has 1 aromatic heterocycles. The number of benzene rings is 2. The molecule has 2 aliphatic carbocycles. The van der Waals surface area contributed by atoms with Gasteiger partial charge in [0.05, 0.1) is 16.7 Å². The molecular formula is C26H21N3O2. The zero-order valence-electron chi connectivity index (χ0n) is 17.2. The molecule has 0 saturated heterocycles. The third-order valence-electron chi connectivity index (χ3n) is 6.75. The molecule has 0 fully saturated rings. The number of aryl methyl sites for hydroxylation is 1. The number of nitrogens with zero attached hydrogens (tertiary/aromatic N) is 3. The van der Waals surface area contributed by atoms with Crippen molar-refractivity contribution in [2.24, 2.45) is 11.8 Å². The van der Waals surface area contributed by atoms with Crippen LogP contribution >= 0.6 is 0 Å². The average Bonchev–Trinajstić information content (AvgIpc) is 3.27. The zero-order chi connectivity index (χ0) is 21.6. The van der Waals surface area contributed by atoms with Crippen molar-refractivity contribution < 1.29 is 9.59 Å². The van der Waals surface area contributed by atoms with Crippen LogP contribution in [0.5, 0.6) is 0 Å². The second-order valence-corrected chi connectivity index (χ2v) is 8.32. The number of hydrogen-bond acceptors (Lipinski definition) is 4. The lowest BCUT2D eigenvalue weighted by Crippen LogP contribution is -2.48. The van der Waals surface area contributed by atoms with E-state index in [9.17, 15) is 14.9 Å². The third kappa shape index (κ3) is 2.79. The highest BCUT2D eigenvalue weighted by molar-refractivity contribution is 6.02. The number of aromatic nitrogens is 2. The SMILES string of the molecule is C[C@@H]1C(=O)C(C#N)=C[C@]2(c3ccccc3)c3nn(C(=O)c4ccccc4)cc3CCC12. The number of nitriles is 1. The Morgan fingerprint density at radius 3 is 2.48 bits per heavy atom. The fraction of sp³-hybridized carbons (Fsp3) is 0.231. The molecule has 2 aromatic carbocycles. The van der Waals surface area contributed by atoms with E-state index in [0.717, 1.165) is 29.7 Å². The van der Waals surface area contributed by atoms with E-state index in [2.05, 4.69) is 6.07 Å². The molecule has 3 aromatic rings. The first-order chi connectivity index (χ1) is 15.1. The Hall–Kier alpha value is -3.78. The first-order valence-electron chi connectivity index (χ1n) is 10.5. The summed E-state index contributed by atoms with van der Waals surface area (Å²) >= 11 is 0. The van der Waals surface area contributed by atoms with Gasteiger partial charge in [-0.2, -0.15) is 10.4 Å². The summed E-state index contributed by atoms with van der Waals surface area (Å²) in [5, 5.41) is 14.5. The summed E-state index contributed by atoms with van der Waals surface area (Å²) in [5.74, 6) is -0.633. The van der Waals surface area contributed by atoms with Crippen LogP contribution in [0.1, 0.15) is 40.5 Å². The van der Waals surface area contributed by atoms with Crippen molar-refractivity contribution in [1.29, 1.82) is 5.26 Å². The van der Waals surface area contributed by atoms with Gasteiger partial charge >= 0.3 is 0 Å². The van der Waals surface area contributed by atoms with E-state index in [1.54, 1.807) is 18.2 Å². The molecule has 152 valence electrons. The standard InChI is InChI=1S/C26H21N3O2/c1-17-22-13-12-19-16-29(25(31)18-8-4-2-5-9-18)28-24(19)26(22,14-20(15-27)23(17)30)21-10-6-3-7-11-21/h2-11,14,16-17,22H,12-13H2,1H3/t17-,22?,26+/m0/s1. The predicted molar refractivity (Wildman–Crippen MR) is 115 cm³/mol. The fourth-order valence-corrected chi connectivity index (χ4v) is 5.25. The minimum absolute atomic E-state index is 0.0258. The van der Waals surface area contributed by atoms with E-state index in [-0.39, 0.29) is 29.1 Å². The van der Waals surface area contributed by atoms with Crippen LogP contribution in [0.25, 0.3) is 0 Å². The van der Waals surface area contributed by atoms with Crippen LogP contribution < -0.4 is 0 Å². The largest absolute Gasteiger partial charge is 0.293 e. The minimum atomic E-state index is -0.713. The van der Waals surface area contributed by atoms with Crippen LogP contribution in [0.3, 0.4) is 0 Å². The highest BCUT2D eigenvalue weighted by Crippen LogP contribution is 2.53. The third-order valence-corrected chi connectivity index (χ3v) is 6.75. The summed E-state index contributed by atoms with van der Waals surface area (Å²) in [6.45, 7) is 1.91. The van der Waals surface area contributed by atoms with Crippen LogP contribution in [0.15, 0.2) is 78.5 Å². The lowest BCUT2D eigenvalue weighted by molar-refractivity contribution is -0.121. The molecule has 0 aliphatic heterocycles. The molecule has 0 radical (unpaired) electrons. The summed E-state index contributed by atoms with van der Waals surface area (Å²) in [6, 6.07) is 21.1. The van der Waals surface area contributed by atoms with Gasteiger partial charge in [0.15, 0.2) is 5.78 Å². The fourth-order valence-electron chi connectivity index (χ4n) is 5.25. The monoisotopic (exact) mass is 407 g/mol. The molecule has 1 unspecified atom stereocenters. The van der Waals surface area contributed by atoms with Crippen LogP contribution in [0, 0.1) is 23.2 Å². The Balaban J connectivity index is 1.75. The van der Waals surface area contributed by atoms with E-state index in [1.807, 2.05) is 61.7 Å². The highest BCUT2D eigenvalue weighted by Gasteiger charge is 2.53. The summed E-state index contributed by atoms with van der Waals surface area (Å²) in [5.41, 5.74) is 2.77. The molecule has 0 spiro atoms. The van der Waals surface area contributed by atoms with E-state index in [4.69, 9.17) is 5.10 Å². The van der Waals surface area contributed by atoms with E-state index in [0.29, 0.717) is 5.56 Å². The minimum Gasteiger partial charge on any atom is -0.293 e. The molecule has 5 rings (SSSR count). The first kappa shape index (κ1) is 19.2. The van der Waals surface area contributed by atoms with Crippen LogP contribution in [0.4, 0.5) is 0 Å². The maximum atomic E-state index is 13.1. The topological polar surface area (TPSA) is 75.8 Å². The molecule has 0 N–H and O–H groups in total. The van der Waals surface area contributed by atoms with Crippen molar-refractivity contribution >= 4 is 11.7 Å². The van der Waals surface area contributed by atoms with Gasteiger partial charge in [-0.3, -0.25) is 9.59 Å². The number of carbonyl (C=O) groups excluding carboxylic acids is 2. The van der Waals surface area contributed by atoms with Crippen molar-refractivity contribution in [3.05, 3.63) is 101 Å². The summed E-state index contributed by atoms with van der Waals surface area (Å²) < 4.78 is 1.41. The number of allylic oxidation sites excluding steroid dienone is 2. The van der Waals surface area contributed by atoms with Gasteiger partial charge in [-0.1, -0.05) is 55.5 Å². The zero-order valence-corrected chi connectivity index (χ0v) is 17.2. The molecule has 5 nitrogen and oxygen atoms in total. The van der Waals surface area contributed by atoms with Gasteiger partial charge in [0.2, 0.25) is 0 Å². The Morgan fingerprint density at radius 2 is 1.81 bits per heavy atom. The van der Waals surface area contributed by atoms with Gasteiger partial charge in [-0.25, -0.2) is 4.68 Å². The van der Waals surface area contributed by atoms with Crippen LogP contribution in [0.2, 0.25) is 0 Å². The number of rotatable bonds is 2. The van der Waals surface area contributed by atoms with Crippen molar-refractivity contribution in [3.8, 4) is 6.07 Å². The summed E-state index contributed by atoms with van der Waals surface area (Å²) in [7, 11) is 0. The second-order valence-electron chi connectivity index (χ2n) is 8.32. The number of Topliss-reactive ketones (excluding diaryl/α,β-unsaturated/α-hetero) is 1. The van der Waals surface area contributed by atoms with Crippen LogP contribution in [-0.4, -0.2) is 21.5 Å². The Kier molecular flexibility index (Phi) is 4.44. The van der Waals surface area contributed by atoms with Crippen molar-refractivity contribution in [2.75, 3.05) is 0 Å². The lowest BCUT2D eigenvalue weighted by Gasteiger charge is -2.46. The number of hydrogen-bond donors (Lipinski definition) is 0. The quantitative estimate of drug-likeness (QED) is 0.641. The molecule has 2 aliphatic rings. The van der Waals surface area contributed by atoms with Gasteiger partial charge in [-0.15, -0.1) is 0 Å². The summed E-state index contributed by atoms with van der Waals surface area (Å²) in [4.78, 5) is 25.9. The van der Waals surface area contributed by atoms with E-state index < -0.39 is 5.41 Å². The number of carbonyl (C=O) groups is 2. The van der Waals surface area contributed by atoms with Crippen molar-refractivity contribution in [1.82, 2.24) is 9.78 Å². The molecule has 31 heavy (non-hydrogen) atoms. The normalized spacial score (nSPS) is 24.5. The Bertz CT molecular complexity index is 1250. The molecule has 0 saturated carbocycles.